The lowest BCUT2D eigenvalue weighted by Gasteiger charge is -2.07. The van der Waals surface area contributed by atoms with E-state index in [1.165, 1.54) is 16.5 Å². The maximum atomic E-state index is 12.4. The first-order valence-corrected chi connectivity index (χ1v) is 7.66. The molecule has 0 radical (unpaired) electrons. The van der Waals surface area contributed by atoms with E-state index >= 15 is 0 Å². The van der Waals surface area contributed by atoms with Gasteiger partial charge in [0.2, 0.25) is 5.91 Å². The molecular formula is C17H19N5O2. The molecule has 7 heteroatoms. The Morgan fingerprint density at radius 1 is 1.17 bits per heavy atom. The number of hydrogen-bond acceptors (Lipinski definition) is 4. The summed E-state index contributed by atoms with van der Waals surface area (Å²) in [5, 5.41) is 6.98. The monoisotopic (exact) mass is 325 g/mol. The van der Waals surface area contributed by atoms with Crippen LogP contribution in [0.25, 0.3) is 11.0 Å². The minimum Gasteiger partial charge on any atom is -0.350 e. The van der Waals surface area contributed by atoms with Crippen LogP contribution >= 0.6 is 0 Å². The van der Waals surface area contributed by atoms with Crippen molar-refractivity contribution in [2.75, 3.05) is 0 Å². The predicted molar refractivity (Wildman–Crippen MR) is 90.5 cm³/mol. The van der Waals surface area contributed by atoms with Crippen LogP contribution in [-0.4, -0.2) is 25.2 Å². The number of benzene rings is 1. The minimum absolute atomic E-state index is 0.0801. The summed E-state index contributed by atoms with van der Waals surface area (Å²) < 4.78 is 2.89. The van der Waals surface area contributed by atoms with E-state index in [1.807, 2.05) is 38.1 Å². The largest absolute Gasteiger partial charge is 0.350 e. The van der Waals surface area contributed by atoms with Gasteiger partial charge in [0.05, 0.1) is 12.0 Å². The van der Waals surface area contributed by atoms with Crippen molar-refractivity contribution >= 4 is 16.9 Å². The van der Waals surface area contributed by atoms with Crippen LogP contribution in [0.3, 0.4) is 0 Å². The topological polar surface area (TPSA) is 81.8 Å². The molecule has 0 aliphatic heterocycles. The van der Waals surface area contributed by atoms with Gasteiger partial charge in [-0.15, -0.1) is 0 Å². The molecule has 1 aromatic carbocycles. The van der Waals surface area contributed by atoms with Crippen molar-refractivity contribution < 1.29 is 4.79 Å². The molecule has 0 saturated carbocycles. The Labute approximate surface area is 138 Å². The van der Waals surface area contributed by atoms with Gasteiger partial charge >= 0.3 is 0 Å². The highest BCUT2D eigenvalue weighted by molar-refractivity contribution is 5.78. The molecular weight excluding hydrogens is 306 g/mol. The van der Waals surface area contributed by atoms with Gasteiger partial charge in [-0.3, -0.25) is 18.8 Å². The van der Waals surface area contributed by atoms with Crippen LogP contribution < -0.4 is 10.9 Å². The number of fused-ring (bicyclic) bond motifs is 1. The lowest BCUT2D eigenvalue weighted by atomic mass is 10.1. The number of carbonyl (C=O) groups is 1. The van der Waals surface area contributed by atoms with E-state index in [4.69, 9.17) is 0 Å². The Morgan fingerprint density at radius 2 is 1.88 bits per heavy atom. The van der Waals surface area contributed by atoms with Gasteiger partial charge in [0.25, 0.3) is 5.56 Å². The maximum Gasteiger partial charge on any atom is 0.282 e. The van der Waals surface area contributed by atoms with Crippen LogP contribution in [-0.2, 0) is 24.9 Å². The Morgan fingerprint density at radius 3 is 2.58 bits per heavy atom. The molecule has 1 amide bonds. The quantitative estimate of drug-likeness (QED) is 0.778. The number of aromatic nitrogens is 4. The molecule has 0 aliphatic carbocycles. The molecule has 0 spiro atoms. The first-order valence-electron chi connectivity index (χ1n) is 7.66. The molecule has 3 aromatic rings. The van der Waals surface area contributed by atoms with Gasteiger partial charge in [0, 0.05) is 13.6 Å². The van der Waals surface area contributed by atoms with E-state index in [-0.39, 0.29) is 23.5 Å². The molecule has 3 rings (SSSR count). The van der Waals surface area contributed by atoms with Crippen molar-refractivity contribution in [2.45, 2.75) is 26.9 Å². The third kappa shape index (κ3) is 3.05. The molecule has 0 atom stereocenters. The fourth-order valence-electron chi connectivity index (χ4n) is 2.44. The fourth-order valence-corrected chi connectivity index (χ4v) is 2.44. The molecule has 0 saturated heterocycles. The van der Waals surface area contributed by atoms with Crippen molar-refractivity contribution in [3.63, 3.8) is 0 Å². The predicted octanol–water partition coefficient (Wildman–Crippen LogP) is 1.06. The van der Waals surface area contributed by atoms with Gasteiger partial charge in [0.1, 0.15) is 12.1 Å². The van der Waals surface area contributed by atoms with Crippen molar-refractivity contribution in [3.8, 4) is 0 Å². The second-order valence-corrected chi connectivity index (χ2v) is 5.85. The highest BCUT2D eigenvalue weighted by Gasteiger charge is 2.13. The molecule has 1 N–H and O–H groups in total. The van der Waals surface area contributed by atoms with Gasteiger partial charge in [-0.2, -0.15) is 5.10 Å². The summed E-state index contributed by atoms with van der Waals surface area (Å²) in [6.45, 7) is 4.20. The molecule has 0 bridgehead atoms. The zero-order valence-corrected chi connectivity index (χ0v) is 13.9. The molecule has 124 valence electrons. The standard InChI is InChI=1S/C17H19N5O2/c1-11-4-6-13(7-5-11)8-18-14(23)9-22-10-19-15-12(2)21(3)20-16(15)17(22)24/h4-7,10H,8-9H2,1-3H3,(H,18,23). The highest BCUT2D eigenvalue weighted by Crippen LogP contribution is 2.09. The Hall–Kier alpha value is -2.96. The van der Waals surface area contributed by atoms with Crippen LogP contribution in [0.15, 0.2) is 35.4 Å². The minimum atomic E-state index is -0.311. The second kappa shape index (κ2) is 6.27. The van der Waals surface area contributed by atoms with Crippen molar-refractivity contribution in [3.05, 3.63) is 57.8 Å². The van der Waals surface area contributed by atoms with E-state index in [0.29, 0.717) is 12.1 Å². The van der Waals surface area contributed by atoms with Gasteiger partial charge in [-0.25, -0.2) is 4.98 Å². The highest BCUT2D eigenvalue weighted by atomic mass is 16.2. The number of nitrogens with one attached hydrogen (secondary N) is 1. The summed E-state index contributed by atoms with van der Waals surface area (Å²) in [7, 11) is 1.76. The second-order valence-electron chi connectivity index (χ2n) is 5.85. The lowest BCUT2D eigenvalue weighted by Crippen LogP contribution is -2.32. The van der Waals surface area contributed by atoms with Crippen LogP contribution in [0, 0.1) is 13.8 Å². The van der Waals surface area contributed by atoms with Gasteiger partial charge in [-0.05, 0) is 19.4 Å². The molecule has 0 aliphatic rings. The number of rotatable bonds is 4. The molecule has 7 nitrogen and oxygen atoms in total. The summed E-state index contributed by atoms with van der Waals surface area (Å²) >= 11 is 0. The Bertz CT molecular complexity index is 954. The van der Waals surface area contributed by atoms with Crippen LogP contribution in [0.4, 0.5) is 0 Å². The molecule has 0 unspecified atom stereocenters. The summed E-state index contributed by atoms with van der Waals surface area (Å²) in [5.41, 5.74) is 3.53. The van der Waals surface area contributed by atoms with Crippen molar-refractivity contribution in [2.24, 2.45) is 7.05 Å². The molecule has 2 heterocycles. The summed E-state index contributed by atoms with van der Waals surface area (Å²) in [6, 6.07) is 7.92. The van der Waals surface area contributed by atoms with Gasteiger partial charge in [0.15, 0.2) is 5.52 Å². The smallest absolute Gasteiger partial charge is 0.282 e. The Kier molecular flexibility index (Phi) is 4.16. The van der Waals surface area contributed by atoms with Crippen molar-refractivity contribution in [1.82, 2.24) is 24.6 Å². The zero-order chi connectivity index (χ0) is 17.3. The first-order chi connectivity index (χ1) is 11.5. The third-order valence-corrected chi connectivity index (χ3v) is 4.02. The van der Waals surface area contributed by atoms with Gasteiger partial charge in [-0.1, -0.05) is 29.8 Å². The number of aryl methyl sites for hydroxylation is 3. The van der Waals surface area contributed by atoms with E-state index in [2.05, 4.69) is 15.4 Å². The van der Waals surface area contributed by atoms with E-state index in [0.717, 1.165) is 11.3 Å². The van der Waals surface area contributed by atoms with E-state index in [1.54, 1.807) is 11.7 Å². The average Bonchev–Trinajstić information content (AvgIpc) is 2.85. The summed E-state index contributed by atoms with van der Waals surface area (Å²) in [6.07, 6.45) is 1.39. The molecule has 2 aromatic heterocycles. The third-order valence-electron chi connectivity index (χ3n) is 4.02. The Balaban J connectivity index is 1.72. The number of carbonyl (C=O) groups excluding carboxylic acids is 1. The maximum absolute atomic E-state index is 12.4. The average molecular weight is 325 g/mol. The molecule has 0 fully saturated rings. The normalized spacial score (nSPS) is 11.0. The van der Waals surface area contributed by atoms with Gasteiger partial charge < -0.3 is 5.32 Å². The first kappa shape index (κ1) is 15.9. The number of amides is 1. The summed E-state index contributed by atoms with van der Waals surface area (Å²) in [5.74, 6) is -0.244. The lowest BCUT2D eigenvalue weighted by molar-refractivity contribution is -0.121. The molecule has 24 heavy (non-hydrogen) atoms. The van der Waals surface area contributed by atoms with Crippen molar-refractivity contribution in [1.29, 1.82) is 0 Å². The zero-order valence-electron chi connectivity index (χ0n) is 13.9. The van der Waals surface area contributed by atoms with Crippen LogP contribution in [0.5, 0.6) is 0 Å². The van der Waals surface area contributed by atoms with Crippen LogP contribution in [0.1, 0.15) is 16.8 Å². The van der Waals surface area contributed by atoms with E-state index < -0.39 is 0 Å². The van der Waals surface area contributed by atoms with E-state index in [9.17, 15) is 9.59 Å². The van der Waals surface area contributed by atoms with Crippen LogP contribution in [0.2, 0.25) is 0 Å². The number of nitrogens with zero attached hydrogens (tertiary/aromatic N) is 4. The SMILES string of the molecule is Cc1ccc(CNC(=O)Cn2cnc3c(C)n(C)nc3c2=O)cc1. The fraction of sp³-hybridized carbons (Fsp3) is 0.294. The summed E-state index contributed by atoms with van der Waals surface area (Å²) in [4.78, 5) is 28.7. The number of hydrogen-bond donors (Lipinski definition) is 1.